The standard InChI is InChI=1S/C12H17N3O2/c1-3-13-6-10-4-5-16-12(10)9-17-11-7-14-15(2)8-11/h4-5,7-8,13H,3,6,9H2,1-2H3. The molecule has 0 aromatic carbocycles. The lowest BCUT2D eigenvalue weighted by Gasteiger charge is -2.04. The summed E-state index contributed by atoms with van der Waals surface area (Å²) >= 11 is 0. The molecule has 2 rings (SSSR count). The van der Waals surface area contributed by atoms with Gasteiger partial charge in [-0.2, -0.15) is 5.10 Å². The molecule has 0 atom stereocenters. The Morgan fingerprint density at radius 1 is 1.53 bits per heavy atom. The molecule has 0 spiro atoms. The number of nitrogens with zero attached hydrogens (tertiary/aromatic N) is 2. The number of ether oxygens (including phenoxy) is 1. The maximum Gasteiger partial charge on any atom is 0.157 e. The van der Waals surface area contributed by atoms with Gasteiger partial charge in [-0.3, -0.25) is 4.68 Å². The van der Waals surface area contributed by atoms with E-state index in [4.69, 9.17) is 9.15 Å². The van der Waals surface area contributed by atoms with E-state index in [1.54, 1.807) is 17.1 Å². The molecule has 92 valence electrons. The molecule has 5 nitrogen and oxygen atoms in total. The van der Waals surface area contributed by atoms with Gasteiger partial charge in [-0.1, -0.05) is 6.92 Å². The molecule has 0 bridgehead atoms. The van der Waals surface area contributed by atoms with Gasteiger partial charge < -0.3 is 14.5 Å². The zero-order valence-electron chi connectivity index (χ0n) is 10.1. The third-order valence-electron chi connectivity index (χ3n) is 2.45. The van der Waals surface area contributed by atoms with Crippen LogP contribution in [-0.4, -0.2) is 16.3 Å². The quantitative estimate of drug-likeness (QED) is 0.828. The molecule has 5 heteroatoms. The molecule has 0 saturated heterocycles. The van der Waals surface area contributed by atoms with E-state index in [0.717, 1.165) is 30.2 Å². The summed E-state index contributed by atoms with van der Waals surface area (Å²) in [7, 11) is 1.86. The van der Waals surface area contributed by atoms with Gasteiger partial charge in [0.15, 0.2) is 5.75 Å². The van der Waals surface area contributed by atoms with Crippen LogP contribution in [0.1, 0.15) is 18.2 Å². The fourth-order valence-electron chi connectivity index (χ4n) is 1.53. The molecule has 17 heavy (non-hydrogen) atoms. The van der Waals surface area contributed by atoms with E-state index in [1.165, 1.54) is 0 Å². The molecule has 2 aromatic rings. The maximum atomic E-state index is 5.59. The third-order valence-corrected chi connectivity index (χ3v) is 2.45. The largest absolute Gasteiger partial charge is 0.482 e. The van der Waals surface area contributed by atoms with Crippen molar-refractivity contribution < 1.29 is 9.15 Å². The minimum Gasteiger partial charge on any atom is -0.482 e. The molecule has 0 fully saturated rings. The minimum absolute atomic E-state index is 0.430. The number of hydrogen-bond acceptors (Lipinski definition) is 4. The highest BCUT2D eigenvalue weighted by molar-refractivity contribution is 5.18. The fourth-order valence-corrected chi connectivity index (χ4v) is 1.53. The Kier molecular flexibility index (Phi) is 3.82. The van der Waals surface area contributed by atoms with Gasteiger partial charge in [0.2, 0.25) is 0 Å². The van der Waals surface area contributed by atoms with Crippen LogP contribution in [0.5, 0.6) is 5.75 Å². The number of aromatic nitrogens is 2. The van der Waals surface area contributed by atoms with Gasteiger partial charge in [-0.15, -0.1) is 0 Å². The molecular formula is C12H17N3O2. The van der Waals surface area contributed by atoms with E-state index in [9.17, 15) is 0 Å². The minimum atomic E-state index is 0.430. The molecule has 0 aliphatic carbocycles. The van der Waals surface area contributed by atoms with Crippen LogP contribution < -0.4 is 10.1 Å². The van der Waals surface area contributed by atoms with Gasteiger partial charge >= 0.3 is 0 Å². The molecule has 0 aliphatic heterocycles. The second kappa shape index (κ2) is 5.54. The lowest BCUT2D eigenvalue weighted by Crippen LogP contribution is -2.12. The van der Waals surface area contributed by atoms with Crippen molar-refractivity contribution in [2.24, 2.45) is 7.05 Å². The van der Waals surface area contributed by atoms with Crippen molar-refractivity contribution in [1.82, 2.24) is 15.1 Å². The van der Waals surface area contributed by atoms with Crippen LogP contribution in [0.2, 0.25) is 0 Å². The zero-order valence-corrected chi connectivity index (χ0v) is 10.1. The Morgan fingerprint density at radius 2 is 2.41 bits per heavy atom. The lowest BCUT2D eigenvalue weighted by molar-refractivity contribution is 0.268. The number of nitrogens with one attached hydrogen (secondary N) is 1. The maximum absolute atomic E-state index is 5.59. The monoisotopic (exact) mass is 235 g/mol. The van der Waals surface area contributed by atoms with Crippen molar-refractivity contribution >= 4 is 0 Å². The van der Waals surface area contributed by atoms with E-state index in [0.29, 0.717) is 6.61 Å². The third kappa shape index (κ3) is 3.10. The number of hydrogen-bond donors (Lipinski definition) is 1. The predicted octanol–water partition coefficient (Wildman–Crippen LogP) is 1.70. The Hall–Kier alpha value is -1.75. The zero-order chi connectivity index (χ0) is 12.1. The van der Waals surface area contributed by atoms with E-state index in [2.05, 4.69) is 17.3 Å². The van der Waals surface area contributed by atoms with Crippen molar-refractivity contribution in [2.45, 2.75) is 20.1 Å². The van der Waals surface area contributed by atoms with Crippen LogP contribution in [-0.2, 0) is 20.2 Å². The highest BCUT2D eigenvalue weighted by Crippen LogP contribution is 2.15. The first-order chi connectivity index (χ1) is 8.29. The van der Waals surface area contributed by atoms with E-state index < -0.39 is 0 Å². The van der Waals surface area contributed by atoms with Crippen molar-refractivity contribution in [3.63, 3.8) is 0 Å². The second-order valence-corrected chi connectivity index (χ2v) is 3.79. The van der Waals surface area contributed by atoms with E-state index in [-0.39, 0.29) is 0 Å². The van der Waals surface area contributed by atoms with Crippen molar-refractivity contribution in [1.29, 1.82) is 0 Å². The van der Waals surface area contributed by atoms with Gasteiger partial charge in [0.25, 0.3) is 0 Å². The first kappa shape index (κ1) is 11.7. The number of rotatable bonds is 6. The molecule has 0 amide bonds. The summed E-state index contributed by atoms with van der Waals surface area (Å²) in [5.74, 6) is 1.60. The molecule has 0 saturated carbocycles. The van der Waals surface area contributed by atoms with Crippen LogP contribution in [0.25, 0.3) is 0 Å². The first-order valence-corrected chi connectivity index (χ1v) is 5.67. The van der Waals surface area contributed by atoms with Crippen molar-refractivity contribution in [3.05, 3.63) is 36.0 Å². The SMILES string of the molecule is CCNCc1ccoc1COc1cnn(C)c1. The van der Waals surface area contributed by atoms with Crippen LogP contribution in [0.4, 0.5) is 0 Å². The van der Waals surface area contributed by atoms with Crippen LogP contribution in [0.15, 0.2) is 29.1 Å². The van der Waals surface area contributed by atoms with Crippen molar-refractivity contribution in [3.8, 4) is 5.75 Å². The van der Waals surface area contributed by atoms with Crippen molar-refractivity contribution in [2.75, 3.05) is 6.54 Å². The summed E-state index contributed by atoms with van der Waals surface area (Å²) in [6.45, 7) is 4.25. The molecule has 0 aliphatic rings. The molecule has 1 N–H and O–H groups in total. The topological polar surface area (TPSA) is 52.2 Å². The van der Waals surface area contributed by atoms with E-state index in [1.807, 2.05) is 19.3 Å². The lowest BCUT2D eigenvalue weighted by atomic mass is 10.2. The Balaban J connectivity index is 1.92. The fraction of sp³-hybridized carbons (Fsp3) is 0.417. The van der Waals surface area contributed by atoms with Gasteiger partial charge in [0.1, 0.15) is 12.4 Å². The van der Waals surface area contributed by atoms with Crippen LogP contribution in [0, 0.1) is 0 Å². The summed E-state index contributed by atoms with van der Waals surface area (Å²) in [6.07, 6.45) is 5.20. The summed E-state index contributed by atoms with van der Waals surface area (Å²) in [5, 5.41) is 7.30. The molecule has 0 radical (unpaired) electrons. The molecular weight excluding hydrogens is 218 g/mol. The molecule has 2 heterocycles. The van der Waals surface area contributed by atoms with Crippen LogP contribution in [0.3, 0.4) is 0 Å². The number of furan rings is 1. The Bertz CT molecular complexity index is 462. The summed E-state index contributed by atoms with van der Waals surface area (Å²) in [5.41, 5.74) is 1.13. The summed E-state index contributed by atoms with van der Waals surface area (Å²) < 4.78 is 12.7. The first-order valence-electron chi connectivity index (χ1n) is 5.67. The predicted molar refractivity (Wildman–Crippen MR) is 63.6 cm³/mol. The van der Waals surface area contributed by atoms with Gasteiger partial charge in [0.05, 0.1) is 18.7 Å². The Morgan fingerprint density at radius 3 is 3.12 bits per heavy atom. The van der Waals surface area contributed by atoms with Gasteiger partial charge in [-0.05, 0) is 12.6 Å². The van der Waals surface area contributed by atoms with E-state index >= 15 is 0 Å². The summed E-state index contributed by atoms with van der Waals surface area (Å²) in [6, 6.07) is 1.96. The normalized spacial score (nSPS) is 10.7. The smallest absolute Gasteiger partial charge is 0.157 e. The summed E-state index contributed by atoms with van der Waals surface area (Å²) in [4.78, 5) is 0. The average Bonchev–Trinajstić information content (AvgIpc) is 2.92. The van der Waals surface area contributed by atoms with Gasteiger partial charge in [0, 0.05) is 19.2 Å². The van der Waals surface area contributed by atoms with Crippen LogP contribution >= 0.6 is 0 Å². The van der Waals surface area contributed by atoms with Gasteiger partial charge in [-0.25, -0.2) is 0 Å². The second-order valence-electron chi connectivity index (χ2n) is 3.79. The molecule has 2 aromatic heterocycles. The Labute approximate surface area is 100 Å². The average molecular weight is 235 g/mol. The highest BCUT2D eigenvalue weighted by atomic mass is 16.5. The number of aryl methyl sites for hydroxylation is 1. The highest BCUT2D eigenvalue weighted by Gasteiger charge is 2.07. The molecule has 0 unspecified atom stereocenters.